The molecule has 2 fully saturated rings. The third-order valence-electron chi connectivity index (χ3n) is 4.84. The first-order chi connectivity index (χ1) is 10.2. The first-order valence-corrected chi connectivity index (χ1v) is 8.32. The lowest BCUT2D eigenvalue weighted by atomic mass is 9.70. The summed E-state index contributed by atoms with van der Waals surface area (Å²) in [6, 6.07) is 7.12. The van der Waals surface area contributed by atoms with Gasteiger partial charge in [-0.3, -0.25) is 5.32 Å². The van der Waals surface area contributed by atoms with Crippen molar-refractivity contribution in [3.63, 3.8) is 0 Å². The number of fused-ring (bicyclic) bond motifs is 1. The summed E-state index contributed by atoms with van der Waals surface area (Å²) in [6.07, 6.45) is 8.34. The van der Waals surface area contributed by atoms with Crippen LogP contribution in [0.25, 0.3) is 0 Å². The van der Waals surface area contributed by atoms with E-state index >= 15 is 0 Å². The Morgan fingerprint density at radius 1 is 1.14 bits per heavy atom. The Balaban J connectivity index is 1.51. The monoisotopic (exact) mass is 307 g/mol. The fourth-order valence-electron chi connectivity index (χ4n) is 3.80. The van der Waals surface area contributed by atoms with Crippen molar-refractivity contribution in [2.45, 2.75) is 51.0 Å². The van der Waals surface area contributed by atoms with Crippen molar-refractivity contribution >= 4 is 23.4 Å². The van der Waals surface area contributed by atoms with Gasteiger partial charge in [-0.2, -0.15) is 0 Å². The number of halogens is 1. The molecule has 0 heterocycles. The Kier molecular flexibility index (Phi) is 4.69. The molecular weight excluding hydrogens is 286 g/mol. The van der Waals surface area contributed by atoms with Gasteiger partial charge in [-0.25, -0.2) is 4.79 Å². The summed E-state index contributed by atoms with van der Waals surface area (Å²) in [4.78, 5) is 12.0. The molecule has 3 atom stereocenters. The number of hydrogen-bond donors (Lipinski definition) is 1. The van der Waals surface area contributed by atoms with E-state index < -0.39 is 0 Å². The van der Waals surface area contributed by atoms with E-state index in [1.165, 1.54) is 32.1 Å². The minimum absolute atomic E-state index is 0.0727. The van der Waals surface area contributed by atoms with Crippen LogP contribution < -0.4 is 5.32 Å². The SMILES string of the molecule is O=C(Nc1cccc(Cl)c1)O[C@H]1CC[C@@H]2CCCC[C@@H]2C1. The molecule has 0 spiro atoms. The van der Waals surface area contributed by atoms with Crippen molar-refractivity contribution in [1.29, 1.82) is 0 Å². The molecule has 21 heavy (non-hydrogen) atoms. The molecule has 1 aromatic rings. The van der Waals surface area contributed by atoms with Crippen molar-refractivity contribution in [3.05, 3.63) is 29.3 Å². The fourth-order valence-corrected chi connectivity index (χ4v) is 3.99. The van der Waals surface area contributed by atoms with Gasteiger partial charge in [-0.15, -0.1) is 0 Å². The minimum Gasteiger partial charge on any atom is -0.446 e. The molecule has 0 radical (unpaired) electrons. The summed E-state index contributed by atoms with van der Waals surface area (Å²) in [5.74, 6) is 1.63. The zero-order valence-corrected chi connectivity index (χ0v) is 12.9. The Morgan fingerprint density at radius 2 is 1.95 bits per heavy atom. The number of carbonyl (C=O) groups excluding carboxylic acids is 1. The van der Waals surface area contributed by atoms with E-state index in [0.717, 1.165) is 24.7 Å². The second kappa shape index (κ2) is 6.69. The Morgan fingerprint density at radius 3 is 2.76 bits per heavy atom. The average Bonchev–Trinajstić information content (AvgIpc) is 2.47. The standard InChI is InChI=1S/C17H22ClNO2/c18-14-6-3-7-15(11-14)19-17(20)21-16-9-8-12-4-1-2-5-13(12)10-16/h3,6-7,11-13,16H,1-2,4-5,8-10H2,(H,19,20)/t12-,13+,16-/m0/s1. The molecular formula is C17H22ClNO2. The summed E-state index contributed by atoms with van der Waals surface area (Å²) in [6.45, 7) is 0. The molecule has 3 rings (SSSR count). The van der Waals surface area contributed by atoms with Crippen LogP contribution in [-0.2, 0) is 4.74 Å². The van der Waals surface area contributed by atoms with E-state index in [2.05, 4.69) is 5.32 Å². The molecule has 1 amide bonds. The molecule has 0 aromatic heterocycles. The summed E-state index contributed by atoms with van der Waals surface area (Å²) in [7, 11) is 0. The molecule has 1 N–H and O–H groups in total. The van der Waals surface area contributed by atoms with Crippen LogP contribution in [0, 0.1) is 11.8 Å². The minimum atomic E-state index is -0.364. The summed E-state index contributed by atoms with van der Waals surface area (Å²) < 4.78 is 5.59. The van der Waals surface area contributed by atoms with Crippen molar-refractivity contribution < 1.29 is 9.53 Å². The highest BCUT2D eigenvalue weighted by molar-refractivity contribution is 6.30. The van der Waals surface area contributed by atoms with Gasteiger partial charge in [0.15, 0.2) is 0 Å². The van der Waals surface area contributed by atoms with Gasteiger partial charge in [0.05, 0.1) is 0 Å². The maximum Gasteiger partial charge on any atom is 0.411 e. The lowest BCUT2D eigenvalue weighted by molar-refractivity contribution is 0.0339. The molecule has 4 heteroatoms. The number of amides is 1. The van der Waals surface area contributed by atoms with Gasteiger partial charge in [0.25, 0.3) is 0 Å². The second-order valence-electron chi connectivity index (χ2n) is 6.28. The Hall–Kier alpha value is -1.22. The highest BCUT2D eigenvalue weighted by Gasteiger charge is 2.33. The number of anilines is 1. The van der Waals surface area contributed by atoms with E-state index in [4.69, 9.17) is 16.3 Å². The maximum absolute atomic E-state index is 12.0. The highest BCUT2D eigenvalue weighted by Crippen LogP contribution is 2.41. The van der Waals surface area contributed by atoms with Crippen molar-refractivity contribution in [3.8, 4) is 0 Å². The van der Waals surface area contributed by atoms with Gasteiger partial charge in [-0.05, 0) is 49.3 Å². The number of carbonyl (C=O) groups is 1. The first kappa shape index (κ1) is 14.7. The molecule has 3 nitrogen and oxygen atoms in total. The van der Waals surface area contributed by atoms with E-state index in [9.17, 15) is 4.79 Å². The molecule has 114 valence electrons. The van der Waals surface area contributed by atoms with Crippen LogP contribution in [0.2, 0.25) is 5.02 Å². The summed E-state index contributed by atoms with van der Waals surface area (Å²) in [5.41, 5.74) is 0.679. The predicted octanol–water partition coefficient (Wildman–Crippen LogP) is 5.25. The molecule has 0 saturated heterocycles. The van der Waals surface area contributed by atoms with Gasteiger partial charge >= 0.3 is 6.09 Å². The number of benzene rings is 1. The van der Waals surface area contributed by atoms with Crippen LogP contribution in [0.1, 0.15) is 44.9 Å². The van der Waals surface area contributed by atoms with E-state index in [-0.39, 0.29) is 12.2 Å². The van der Waals surface area contributed by atoms with E-state index in [1.54, 1.807) is 12.1 Å². The molecule has 1 aromatic carbocycles. The zero-order chi connectivity index (χ0) is 14.7. The fraction of sp³-hybridized carbons (Fsp3) is 0.588. The lowest BCUT2D eigenvalue weighted by Gasteiger charge is -2.38. The molecule has 2 aliphatic carbocycles. The summed E-state index contributed by atoms with van der Waals surface area (Å²) >= 11 is 5.90. The van der Waals surface area contributed by atoms with E-state index in [1.807, 2.05) is 12.1 Å². The average molecular weight is 308 g/mol. The van der Waals surface area contributed by atoms with Crippen LogP contribution in [0.4, 0.5) is 10.5 Å². The molecule has 0 aliphatic heterocycles. The Bertz CT molecular complexity index is 505. The van der Waals surface area contributed by atoms with Gasteiger partial charge in [0, 0.05) is 10.7 Å². The zero-order valence-electron chi connectivity index (χ0n) is 12.2. The summed E-state index contributed by atoms with van der Waals surface area (Å²) in [5, 5.41) is 3.36. The van der Waals surface area contributed by atoms with Gasteiger partial charge in [-0.1, -0.05) is 43.4 Å². The lowest BCUT2D eigenvalue weighted by Crippen LogP contribution is -2.33. The molecule has 2 aliphatic rings. The van der Waals surface area contributed by atoms with Crippen LogP contribution in [0.15, 0.2) is 24.3 Å². The number of rotatable bonds is 2. The van der Waals surface area contributed by atoms with Crippen LogP contribution in [0.3, 0.4) is 0 Å². The molecule has 0 unspecified atom stereocenters. The van der Waals surface area contributed by atoms with E-state index in [0.29, 0.717) is 10.7 Å². The smallest absolute Gasteiger partial charge is 0.411 e. The maximum atomic E-state index is 12.0. The quantitative estimate of drug-likeness (QED) is 0.810. The van der Waals surface area contributed by atoms with Crippen molar-refractivity contribution in [1.82, 2.24) is 0 Å². The van der Waals surface area contributed by atoms with Crippen molar-refractivity contribution in [2.75, 3.05) is 5.32 Å². The van der Waals surface area contributed by atoms with Crippen molar-refractivity contribution in [2.24, 2.45) is 11.8 Å². The number of hydrogen-bond acceptors (Lipinski definition) is 2. The normalized spacial score (nSPS) is 28.5. The van der Waals surface area contributed by atoms with Gasteiger partial charge in [0.2, 0.25) is 0 Å². The molecule has 0 bridgehead atoms. The second-order valence-corrected chi connectivity index (χ2v) is 6.72. The number of ether oxygens (including phenoxy) is 1. The Labute approximate surface area is 131 Å². The molecule has 2 saturated carbocycles. The van der Waals surface area contributed by atoms with Crippen LogP contribution >= 0.6 is 11.6 Å². The largest absolute Gasteiger partial charge is 0.446 e. The third kappa shape index (κ3) is 3.91. The highest BCUT2D eigenvalue weighted by atomic mass is 35.5. The van der Waals surface area contributed by atoms with Gasteiger partial charge in [0.1, 0.15) is 6.10 Å². The van der Waals surface area contributed by atoms with Crippen LogP contribution in [0.5, 0.6) is 0 Å². The third-order valence-corrected chi connectivity index (χ3v) is 5.07. The topological polar surface area (TPSA) is 38.3 Å². The first-order valence-electron chi connectivity index (χ1n) is 7.94. The number of nitrogens with one attached hydrogen (secondary N) is 1. The predicted molar refractivity (Wildman–Crippen MR) is 84.6 cm³/mol. The van der Waals surface area contributed by atoms with Crippen LogP contribution in [-0.4, -0.2) is 12.2 Å². The van der Waals surface area contributed by atoms with Gasteiger partial charge < -0.3 is 4.74 Å².